The highest BCUT2D eigenvalue weighted by molar-refractivity contribution is 5.00. The van der Waals surface area contributed by atoms with Crippen molar-refractivity contribution in [3.05, 3.63) is 0 Å². The zero-order chi connectivity index (χ0) is 14.2. The fraction of sp³-hybridized carbons (Fsp3) is 1.00. The second-order valence-electron chi connectivity index (χ2n) is 8.20. The summed E-state index contributed by atoms with van der Waals surface area (Å²) in [6.45, 7) is 19.1. The van der Waals surface area contributed by atoms with Gasteiger partial charge in [0.15, 0.2) is 0 Å². The molecule has 2 unspecified atom stereocenters. The van der Waals surface area contributed by atoms with Gasteiger partial charge in [0.05, 0.1) is 11.2 Å². The van der Waals surface area contributed by atoms with E-state index in [0.717, 1.165) is 13.0 Å². The van der Waals surface area contributed by atoms with Crippen LogP contribution in [0.3, 0.4) is 0 Å². The second kappa shape index (κ2) is 5.13. The Bertz CT molecular complexity index is 275. The third kappa shape index (κ3) is 4.24. The van der Waals surface area contributed by atoms with Crippen LogP contribution in [0.1, 0.15) is 68.2 Å². The first-order valence-electron chi connectivity index (χ1n) is 7.40. The lowest BCUT2D eigenvalue weighted by Crippen LogP contribution is -2.46. The first-order valence-corrected chi connectivity index (χ1v) is 7.40. The summed E-state index contributed by atoms with van der Waals surface area (Å²) in [5, 5.41) is 3.69. The molecule has 2 nitrogen and oxygen atoms in total. The molecule has 1 aliphatic heterocycles. The molecule has 1 aliphatic rings. The van der Waals surface area contributed by atoms with Crippen LogP contribution in [0.15, 0.2) is 0 Å². The van der Waals surface area contributed by atoms with Gasteiger partial charge in [-0.1, -0.05) is 27.7 Å². The van der Waals surface area contributed by atoms with Crippen molar-refractivity contribution in [3.63, 3.8) is 0 Å². The Hall–Kier alpha value is -0.0800. The molecule has 0 radical (unpaired) electrons. The molecule has 108 valence electrons. The van der Waals surface area contributed by atoms with Crippen LogP contribution in [-0.2, 0) is 4.74 Å². The summed E-state index contributed by atoms with van der Waals surface area (Å²) in [6.07, 6.45) is 2.35. The van der Waals surface area contributed by atoms with E-state index in [1.807, 2.05) is 0 Å². The Morgan fingerprint density at radius 3 is 2.11 bits per heavy atom. The second-order valence-corrected chi connectivity index (χ2v) is 8.20. The zero-order valence-corrected chi connectivity index (χ0v) is 13.7. The normalized spacial score (nSPS) is 28.3. The van der Waals surface area contributed by atoms with E-state index in [2.05, 4.69) is 60.7 Å². The molecule has 0 bridgehead atoms. The topological polar surface area (TPSA) is 21.3 Å². The zero-order valence-electron chi connectivity index (χ0n) is 13.7. The standard InChI is InChI=1S/C16H33NO/c1-9-17-13(11-14(2,3)4)12-10-15(5,6)18-16(12,7)8/h12-13,17H,9-11H2,1-8H3. The highest BCUT2D eigenvalue weighted by atomic mass is 16.5. The van der Waals surface area contributed by atoms with E-state index in [9.17, 15) is 0 Å². The van der Waals surface area contributed by atoms with Gasteiger partial charge in [-0.3, -0.25) is 0 Å². The minimum Gasteiger partial charge on any atom is -0.369 e. The van der Waals surface area contributed by atoms with Crippen molar-refractivity contribution in [2.24, 2.45) is 11.3 Å². The summed E-state index contributed by atoms with van der Waals surface area (Å²) in [4.78, 5) is 0. The molecule has 0 saturated carbocycles. The summed E-state index contributed by atoms with van der Waals surface area (Å²) in [5.74, 6) is 0.590. The van der Waals surface area contributed by atoms with Gasteiger partial charge in [0, 0.05) is 12.0 Å². The van der Waals surface area contributed by atoms with Gasteiger partial charge < -0.3 is 10.1 Å². The van der Waals surface area contributed by atoms with Gasteiger partial charge in [-0.05, 0) is 52.5 Å². The van der Waals surface area contributed by atoms with Gasteiger partial charge in [-0.2, -0.15) is 0 Å². The van der Waals surface area contributed by atoms with E-state index in [4.69, 9.17) is 4.74 Å². The molecular weight excluding hydrogens is 222 g/mol. The Labute approximate surface area is 114 Å². The fourth-order valence-electron chi connectivity index (χ4n) is 3.51. The van der Waals surface area contributed by atoms with Crippen molar-refractivity contribution >= 4 is 0 Å². The van der Waals surface area contributed by atoms with Gasteiger partial charge >= 0.3 is 0 Å². The molecule has 0 aromatic carbocycles. The molecule has 1 saturated heterocycles. The van der Waals surface area contributed by atoms with E-state index in [0.29, 0.717) is 17.4 Å². The highest BCUT2D eigenvalue weighted by Crippen LogP contribution is 2.45. The van der Waals surface area contributed by atoms with Gasteiger partial charge in [0.2, 0.25) is 0 Å². The quantitative estimate of drug-likeness (QED) is 0.820. The monoisotopic (exact) mass is 255 g/mol. The maximum Gasteiger partial charge on any atom is 0.0677 e. The minimum absolute atomic E-state index is 0.0136. The van der Waals surface area contributed by atoms with Crippen LogP contribution in [0, 0.1) is 11.3 Å². The van der Waals surface area contributed by atoms with Crippen molar-refractivity contribution < 1.29 is 4.74 Å². The number of nitrogens with one attached hydrogen (secondary N) is 1. The predicted molar refractivity (Wildman–Crippen MR) is 78.9 cm³/mol. The van der Waals surface area contributed by atoms with Crippen LogP contribution >= 0.6 is 0 Å². The highest BCUT2D eigenvalue weighted by Gasteiger charge is 2.49. The molecular formula is C16H33NO. The Morgan fingerprint density at radius 1 is 1.22 bits per heavy atom. The molecule has 18 heavy (non-hydrogen) atoms. The van der Waals surface area contributed by atoms with E-state index < -0.39 is 0 Å². The van der Waals surface area contributed by atoms with E-state index in [1.54, 1.807) is 0 Å². The summed E-state index contributed by atoms with van der Waals surface area (Å²) in [6, 6.07) is 0.548. The fourth-order valence-corrected chi connectivity index (χ4v) is 3.51. The van der Waals surface area contributed by atoms with Crippen molar-refractivity contribution in [2.45, 2.75) is 85.5 Å². The van der Waals surface area contributed by atoms with Crippen LogP contribution in [0.2, 0.25) is 0 Å². The van der Waals surface area contributed by atoms with Crippen molar-refractivity contribution in [2.75, 3.05) is 6.54 Å². The SMILES string of the molecule is CCNC(CC(C)(C)C)C1CC(C)(C)OC1(C)C. The Kier molecular flexibility index (Phi) is 4.55. The summed E-state index contributed by atoms with van der Waals surface area (Å²) < 4.78 is 6.25. The van der Waals surface area contributed by atoms with Gasteiger partial charge in [-0.25, -0.2) is 0 Å². The maximum atomic E-state index is 6.25. The third-order valence-corrected chi connectivity index (χ3v) is 3.93. The molecule has 2 heteroatoms. The molecule has 2 atom stereocenters. The summed E-state index contributed by atoms with van der Waals surface area (Å²) >= 11 is 0. The molecule has 1 rings (SSSR count). The number of hydrogen-bond acceptors (Lipinski definition) is 2. The average Bonchev–Trinajstić information content (AvgIpc) is 2.31. The molecule has 1 N–H and O–H groups in total. The molecule has 0 spiro atoms. The van der Waals surface area contributed by atoms with Crippen LogP contribution in [0.4, 0.5) is 0 Å². The third-order valence-electron chi connectivity index (χ3n) is 3.93. The molecule has 0 aliphatic carbocycles. The van der Waals surface area contributed by atoms with Crippen LogP contribution < -0.4 is 5.32 Å². The van der Waals surface area contributed by atoms with Gasteiger partial charge in [0.1, 0.15) is 0 Å². The Balaban J connectivity index is 2.85. The number of ether oxygens (including phenoxy) is 1. The lowest BCUT2D eigenvalue weighted by molar-refractivity contribution is -0.0786. The van der Waals surface area contributed by atoms with Gasteiger partial charge in [-0.15, -0.1) is 0 Å². The van der Waals surface area contributed by atoms with E-state index >= 15 is 0 Å². The summed E-state index contributed by atoms with van der Waals surface area (Å²) in [7, 11) is 0. The minimum atomic E-state index is -0.0262. The van der Waals surface area contributed by atoms with E-state index in [-0.39, 0.29) is 11.2 Å². The first kappa shape index (κ1) is 16.0. The first-order chi connectivity index (χ1) is 7.97. The predicted octanol–water partition coefficient (Wildman–Crippen LogP) is 3.99. The number of rotatable bonds is 4. The largest absolute Gasteiger partial charge is 0.369 e. The smallest absolute Gasteiger partial charge is 0.0677 e. The van der Waals surface area contributed by atoms with Crippen molar-refractivity contribution in [1.29, 1.82) is 0 Å². The van der Waals surface area contributed by atoms with Crippen LogP contribution in [0.5, 0.6) is 0 Å². The number of hydrogen-bond donors (Lipinski definition) is 1. The maximum absolute atomic E-state index is 6.25. The lowest BCUT2D eigenvalue weighted by Gasteiger charge is -2.36. The lowest BCUT2D eigenvalue weighted by atomic mass is 9.75. The van der Waals surface area contributed by atoms with E-state index in [1.165, 1.54) is 6.42 Å². The Morgan fingerprint density at radius 2 is 1.78 bits per heavy atom. The average molecular weight is 255 g/mol. The summed E-state index contributed by atoms with van der Waals surface area (Å²) in [5.41, 5.74) is 0.344. The molecule has 0 aromatic heterocycles. The molecule has 1 fully saturated rings. The van der Waals surface area contributed by atoms with Crippen molar-refractivity contribution in [1.82, 2.24) is 5.32 Å². The van der Waals surface area contributed by atoms with Crippen LogP contribution in [-0.4, -0.2) is 23.8 Å². The van der Waals surface area contributed by atoms with Crippen LogP contribution in [0.25, 0.3) is 0 Å². The van der Waals surface area contributed by atoms with Gasteiger partial charge in [0.25, 0.3) is 0 Å². The van der Waals surface area contributed by atoms with Crippen molar-refractivity contribution in [3.8, 4) is 0 Å². The molecule has 1 heterocycles. The molecule has 0 aromatic rings. The molecule has 0 amide bonds.